The molecule has 2 aliphatic rings. The van der Waals surface area contributed by atoms with Gasteiger partial charge in [-0.25, -0.2) is 0 Å². The average Bonchev–Trinajstić information content (AvgIpc) is 3.03. The number of amides is 1. The van der Waals surface area contributed by atoms with Crippen molar-refractivity contribution in [3.8, 4) is 5.75 Å². The second-order valence-electron chi connectivity index (χ2n) is 6.56. The van der Waals surface area contributed by atoms with Crippen LogP contribution in [0.1, 0.15) is 50.1 Å². The van der Waals surface area contributed by atoms with Crippen molar-refractivity contribution in [3.05, 3.63) is 29.8 Å². The van der Waals surface area contributed by atoms with Gasteiger partial charge in [0.1, 0.15) is 5.75 Å². The lowest BCUT2D eigenvalue weighted by Crippen LogP contribution is -2.40. The van der Waals surface area contributed by atoms with Crippen molar-refractivity contribution in [3.63, 3.8) is 0 Å². The van der Waals surface area contributed by atoms with Crippen LogP contribution in [0.3, 0.4) is 0 Å². The Balaban J connectivity index is 1.79. The van der Waals surface area contributed by atoms with Crippen molar-refractivity contribution < 1.29 is 9.53 Å². The van der Waals surface area contributed by atoms with Gasteiger partial charge >= 0.3 is 0 Å². The lowest BCUT2D eigenvalue weighted by molar-refractivity contribution is -0.137. The molecule has 1 aromatic carbocycles. The molecule has 1 saturated heterocycles. The van der Waals surface area contributed by atoms with Gasteiger partial charge in [-0.2, -0.15) is 0 Å². The van der Waals surface area contributed by atoms with Gasteiger partial charge in [-0.3, -0.25) is 4.79 Å². The highest BCUT2D eigenvalue weighted by Crippen LogP contribution is 2.39. The van der Waals surface area contributed by atoms with Crippen LogP contribution in [0.25, 0.3) is 0 Å². The van der Waals surface area contributed by atoms with E-state index in [1.165, 1.54) is 0 Å². The van der Waals surface area contributed by atoms with Crippen LogP contribution in [0, 0.1) is 5.92 Å². The summed E-state index contributed by atoms with van der Waals surface area (Å²) in [6.07, 6.45) is 6.04. The average molecular weight is 302 g/mol. The SMILES string of the molecule is COc1ccccc1[C@@H]1CCCN1C(=O)[C@H]1CCC[C@H](N)C1. The third-order valence-corrected chi connectivity index (χ3v) is 5.10. The number of nitrogens with two attached hydrogens (primary N) is 1. The number of hydrogen-bond donors (Lipinski definition) is 1. The van der Waals surface area contributed by atoms with Crippen LogP contribution in [0.15, 0.2) is 24.3 Å². The quantitative estimate of drug-likeness (QED) is 0.934. The maximum absolute atomic E-state index is 13.0. The summed E-state index contributed by atoms with van der Waals surface area (Å²) in [5.74, 6) is 1.29. The zero-order chi connectivity index (χ0) is 15.5. The molecule has 0 radical (unpaired) electrons. The summed E-state index contributed by atoms with van der Waals surface area (Å²) >= 11 is 0. The molecular formula is C18H26N2O2. The number of ether oxygens (including phenoxy) is 1. The molecule has 1 amide bonds. The van der Waals surface area contributed by atoms with E-state index in [2.05, 4.69) is 11.0 Å². The number of carbonyl (C=O) groups is 1. The molecule has 3 rings (SSSR count). The first-order valence-electron chi connectivity index (χ1n) is 8.39. The largest absolute Gasteiger partial charge is 0.496 e. The molecule has 2 N–H and O–H groups in total. The molecule has 0 unspecified atom stereocenters. The predicted molar refractivity (Wildman–Crippen MR) is 86.6 cm³/mol. The number of benzene rings is 1. The lowest BCUT2D eigenvalue weighted by atomic mass is 9.85. The Kier molecular flexibility index (Phi) is 4.67. The molecule has 3 atom stereocenters. The van der Waals surface area contributed by atoms with Crippen molar-refractivity contribution >= 4 is 5.91 Å². The maximum atomic E-state index is 13.0. The molecule has 1 aliphatic heterocycles. The minimum atomic E-state index is 0.110. The second kappa shape index (κ2) is 6.69. The van der Waals surface area contributed by atoms with Gasteiger partial charge in [0.25, 0.3) is 0 Å². The molecule has 2 fully saturated rings. The highest BCUT2D eigenvalue weighted by Gasteiger charge is 2.36. The van der Waals surface area contributed by atoms with Gasteiger partial charge in [0, 0.05) is 24.1 Å². The fourth-order valence-corrected chi connectivity index (χ4v) is 3.98. The number of para-hydroxylation sites is 1. The van der Waals surface area contributed by atoms with Gasteiger partial charge in [0.2, 0.25) is 5.91 Å². The molecule has 1 aromatic rings. The van der Waals surface area contributed by atoms with E-state index in [9.17, 15) is 4.79 Å². The molecule has 0 spiro atoms. The molecule has 1 aliphatic carbocycles. The van der Waals surface area contributed by atoms with Crippen LogP contribution in [0.2, 0.25) is 0 Å². The number of hydrogen-bond acceptors (Lipinski definition) is 3. The number of likely N-dealkylation sites (tertiary alicyclic amines) is 1. The van der Waals surface area contributed by atoms with Gasteiger partial charge in [0.05, 0.1) is 13.2 Å². The summed E-state index contributed by atoms with van der Waals surface area (Å²) in [5.41, 5.74) is 7.20. The Hall–Kier alpha value is -1.55. The predicted octanol–water partition coefficient (Wildman–Crippen LogP) is 2.88. The highest BCUT2D eigenvalue weighted by atomic mass is 16.5. The molecular weight excluding hydrogens is 276 g/mol. The standard InChI is InChI=1S/C18H26N2O2/c1-22-17-10-3-2-8-15(17)16-9-5-11-20(16)18(21)13-6-4-7-14(19)12-13/h2-3,8,10,13-14,16H,4-7,9,11-12,19H2,1H3/t13-,14-,16-/m0/s1. The monoisotopic (exact) mass is 302 g/mol. The van der Waals surface area contributed by atoms with Crippen molar-refractivity contribution in [2.75, 3.05) is 13.7 Å². The summed E-state index contributed by atoms with van der Waals surface area (Å²) in [5, 5.41) is 0. The fraction of sp³-hybridized carbons (Fsp3) is 0.611. The summed E-state index contributed by atoms with van der Waals surface area (Å²) < 4.78 is 5.49. The van der Waals surface area contributed by atoms with Crippen molar-refractivity contribution in [1.82, 2.24) is 4.90 Å². The highest BCUT2D eigenvalue weighted by molar-refractivity contribution is 5.80. The Morgan fingerprint density at radius 2 is 2.05 bits per heavy atom. The Morgan fingerprint density at radius 1 is 1.23 bits per heavy atom. The van der Waals surface area contributed by atoms with Crippen molar-refractivity contribution in [1.29, 1.82) is 0 Å². The minimum Gasteiger partial charge on any atom is -0.496 e. The first-order valence-corrected chi connectivity index (χ1v) is 8.39. The molecule has 1 saturated carbocycles. The first-order chi connectivity index (χ1) is 10.7. The molecule has 0 bridgehead atoms. The summed E-state index contributed by atoms with van der Waals surface area (Å²) in [6.45, 7) is 0.854. The van der Waals surface area contributed by atoms with Gasteiger partial charge in [0.15, 0.2) is 0 Å². The van der Waals surface area contributed by atoms with E-state index in [4.69, 9.17) is 10.5 Å². The normalized spacial score (nSPS) is 28.6. The van der Waals surface area contributed by atoms with Gasteiger partial charge in [-0.05, 0) is 38.2 Å². The van der Waals surface area contributed by atoms with E-state index in [-0.39, 0.29) is 18.0 Å². The van der Waals surface area contributed by atoms with E-state index in [0.717, 1.165) is 56.4 Å². The van der Waals surface area contributed by atoms with Gasteiger partial charge < -0.3 is 15.4 Å². The number of rotatable bonds is 3. The Bertz CT molecular complexity index is 532. The summed E-state index contributed by atoms with van der Waals surface area (Å²) in [6, 6.07) is 8.41. The second-order valence-corrected chi connectivity index (χ2v) is 6.56. The Labute approximate surface area is 132 Å². The van der Waals surface area contributed by atoms with Crippen LogP contribution in [0.4, 0.5) is 0 Å². The summed E-state index contributed by atoms with van der Waals surface area (Å²) in [7, 11) is 1.69. The molecule has 22 heavy (non-hydrogen) atoms. The molecule has 4 heteroatoms. The Morgan fingerprint density at radius 3 is 2.82 bits per heavy atom. The van der Waals surface area contributed by atoms with E-state index < -0.39 is 0 Å². The third kappa shape index (κ3) is 2.98. The molecule has 0 aromatic heterocycles. The topological polar surface area (TPSA) is 55.6 Å². The number of carbonyl (C=O) groups excluding carboxylic acids is 1. The van der Waals surface area contributed by atoms with Crippen molar-refractivity contribution in [2.45, 2.75) is 50.6 Å². The zero-order valence-electron chi connectivity index (χ0n) is 13.3. The van der Waals surface area contributed by atoms with E-state index in [1.54, 1.807) is 7.11 Å². The van der Waals surface area contributed by atoms with Crippen LogP contribution < -0.4 is 10.5 Å². The molecule has 4 nitrogen and oxygen atoms in total. The first kappa shape index (κ1) is 15.3. The maximum Gasteiger partial charge on any atom is 0.226 e. The van der Waals surface area contributed by atoms with Crippen LogP contribution >= 0.6 is 0 Å². The smallest absolute Gasteiger partial charge is 0.226 e. The zero-order valence-corrected chi connectivity index (χ0v) is 13.3. The van der Waals surface area contributed by atoms with Crippen LogP contribution in [-0.4, -0.2) is 30.5 Å². The van der Waals surface area contributed by atoms with Crippen LogP contribution in [-0.2, 0) is 4.79 Å². The van der Waals surface area contributed by atoms with Gasteiger partial charge in [-0.1, -0.05) is 24.6 Å². The minimum absolute atomic E-state index is 0.110. The number of nitrogens with zero attached hydrogens (tertiary/aromatic N) is 1. The fourth-order valence-electron chi connectivity index (χ4n) is 3.98. The number of methoxy groups -OCH3 is 1. The van der Waals surface area contributed by atoms with E-state index in [0.29, 0.717) is 5.91 Å². The van der Waals surface area contributed by atoms with E-state index in [1.807, 2.05) is 18.2 Å². The lowest BCUT2D eigenvalue weighted by Gasteiger charge is -2.33. The van der Waals surface area contributed by atoms with Gasteiger partial charge in [-0.15, -0.1) is 0 Å². The molecule has 120 valence electrons. The van der Waals surface area contributed by atoms with Crippen molar-refractivity contribution in [2.24, 2.45) is 11.7 Å². The molecule has 1 heterocycles. The van der Waals surface area contributed by atoms with E-state index >= 15 is 0 Å². The van der Waals surface area contributed by atoms with Crippen LogP contribution in [0.5, 0.6) is 5.75 Å². The third-order valence-electron chi connectivity index (χ3n) is 5.10. The summed E-state index contributed by atoms with van der Waals surface area (Å²) in [4.78, 5) is 15.0.